The lowest BCUT2D eigenvalue weighted by Crippen LogP contribution is -2.19. The van der Waals surface area contributed by atoms with E-state index in [1.807, 2.05) is 24.6 Å². The third-order valence-corrected chi connectivity index (χ3v) is 3.22. The Balaban J connectivity index is 2.01. The van der Waals surface area contributed by atoms with Gasteiger partial charge >= 0.3 is 0 Å². The molecule has 0 N–H and O–H groups in total. The molecule has 0 aliphatic heterocycles. The molecular weight excluding hydrogens is 188 g/mol. The lowest BCUT2D eigenvalue weighted by Gasteiger charge is -2.08. The Hall–Kier alpha value is -1.12. The molecule has 1 fully saturated rings. The summed E-state index contributed by atoms with van der Waals surface area (Å²) in [5.41, 5.74) is 2.07. The number of aromatic nitrogens is 2. The summed E-state index contributed by atoms with van der Waals surface area (Å²) in [7, 11) is 0. The molecule has 1 aromatic heterocycles. The van der Waals surface area contributed by atoms with Crippen LogP contribution >= 0.6 is 0 Å². The van der Waals surface area contributed by atoms with E-state index >= 15 is 0 Å². The summed E-state index contributed by atoms with van der Waals surface area (Å²) >= 11 is 0. The van der Waals surface area contributed by atoms with E-state index in [1.54, 1.807) is 0 Å². The average Bonchev–Trinajstić information content (AvgIpc) is 2.76. The van der Waals surface area contributed by atoms with Crippen molar-refractivity contribution in [3.05, 3.63) is 17.5 Å². The molecule has 2 rings (SSSR count). The van der Waals surface area contributed by atoms with Crippen molar-refractivity contribution >= 4 is 5.78 Å². The molecule has 0 amide bonds. The quantitative estimate of drug-likeness (QED) is 0.760. The molecule has 0 spiro atoms. The Labute approximate surface area is 90.5 Å². The smallest absolute Gasteiger partial charge is 0.157 e. The van der Waals surface area contributed by atoms with Crippen LogP contribution in [0.2, 0.25) is 0 Å². The number of Topliss-reactive ketones (excluding diaryl/α,β-unsaturated/α-hetero) is 1. The molecule has 0 aromatic carbocycles. The van der Waals surface area contributed by atoms with Crippen LogP contribution < -0.4 is 0 Å². The summed E-state index contributed by atoms with van der Waals surface area (Å²) in [6.45, 7) is 4.43. The molecule has 15 heavy (non-hydrogen) atoms. The van der Waals surface area contributed by atoms with Gasteiger partial charge in [-0.1, -0.05) is 12.8 Å². The molecule has 3 nitrogen and oxygen atoms in total. The van der Waals surface area contributed by atoms with Crippen molar-refractivity contribution in [1.82, 2.24) is 9.78 Å². The summed E-state index contributed by atoms with van der Waals surface area (Å²) < 4.78 is 1.83. The van der Waals surface area contributed by atoms with Gasteiger partial charge in [0.15, 0.2) is 5.78 Å². The predicted octanol–water partition coefficient (Wildman–Crippen LogP) is 2.26. The maximum atomic E-state index is 11.9. The lowest BCUT2D eigenvalue weighted by molar-refractivity contribution is -0.123. The second-order valence-electron chi connectivity index (χ2n) is 4.53. The van der Waals surface area contributed by atoms with Gasteiger partial charge in [0.25, 0.3) is 0 Å². The maximum absolute atomic E-state index is 11.9. The minimum absolute atomic E-state index is 0.300. The Kier molecular flexibility index (Phi) is 2.89. The Morgan fingerprint density at radius 1 is 1.47 bits per heavy atom. The van der Waals surface area contributed by atoms with Crippen molar-refractivity contribution in [3.8, 4) is 0 Å². The van der Waals surface area contributed by atoms with Crippen LogP contribution in [0.1, 0.15) is 37.1 Å². The number of carbonyl (C=O) groups excluding carboxylic acids is 1. The summed E-state index contributed by atoms with van der Waals surface area (Å²) in [5, 5.41) is 4.32. The fourth-order valence-corrected chi connectivity index (χ4v) is 2.36. The van der Waals surface area contributed by atoms with Crippen LogP contribution in [0.25, 0.3) is 0 Å². The van der Waals surface area contributed by atoms with E-state index in [4.69, 9.17) is 0 Å². The zero-order chi connectivity index (χ0) is 10.8. The van der Waals surface area contributed by atoms with E-state index in [-0.39, 0.29) is 0 Å². The van der Waals surface area contributed by atoms with Crippen LogP contribution in [-0.4, -0.2) is 15.6 Å². The number of rotatable bonds is 3. The van der Waals surface area contributed by atoms with Gasteiger partial charge in [0, 0.05) is 11.6 Å². The SMILES string of the molecule is Cc1cc(C)n(CC(=O)C2CCCC2)n1. The molecule has 0 unspecified atom stereocenters. The first-order chi connectivity index (χ1) is 7.16. The van der Waals surface area contributed by atoms with E-state index in [0.29, 0.717) is 18.2 Å². The van der Waals surface area contributed by atoms with Crippen LogP contribution in [0.4, 0.5) is 0 Å². The molecule has 1 aliphatic rings. The molecular formula is C12H18N2O. The summed E-state index contributed by atoms with van der Waals surface area (Å²) in [4.78, 5) is 11.9. The Bertz CT molecular complexity index is 362. The summed E-state index contributed by atoms with van der Waals surface area (Å²) in [6.07, 6.45) is 4.59. The number of carbonyl (C=O) groups is 1. The highest BCUT2D eigenvalue weighted by atomic mass is 16.1. The minimum atomic E-state index is 0.300. The monoisotopic (exact) mass is 206 g/mol. The molecule has 0 atom stereocenters. The van der Waals surface area contributed by atoms with E-state index in [0.717, 1.165) is 24.2 Å². The standard InChI is InChI=1S/C12H18N2O/c1-9-7-10(2)14(13-9)8-12(15)11-5-3-4-6-11/h7,11H,3-6,8H2,1-2H3. The fraction of sp³-hybridized carbons (Fsp3) is 0.667. The normalized spacial score (nSPS) is 17.2. The van der Waals surface area contributed by atoms with Crippen LogP contribution in [0.3, 0.4) is 0 Å². The summed E-state index contributed by atoms with van der Waals surface area (Å²) in [6, 6.07) is 2.02. The van der Waals surface area contributed by atoms with Gasteiger partial charge in [-0.15, -0.1) is 0 Å². The molecule has 1 aliphatic carbocycles. The van der Waals surface area contributed by atoms with Crippen molar-refractivity contribution in [1.29, 1.82) is 0 Å². The van der Waals surface area contributed by atoms with Crippen LogP contribution in [0.15, 0.2) is 6.07 Å². The van der Waals surface area contributed by atoms with Crippen molar-refractivity contribution in [2.45, 2.75) is 46.1 Å². The van der Waals surface area contributed by atoms with Crippen molar-refractivity contribution < 1.29 is 4.79 Å². The Morgan fingerprint density at radius 3 is 2.67 bits per heavy atom. The van der Waals surface area contributed by atoms with Gasteiger partial charge in [0.1, 0.15) is 6.54 Å². The Morgan fingerprint density at radius 2 is 2.13 bits per heavy atom. The van der Waals surface area contributed by atoms with Gasteiger partial charge < -0.3 is 0 Å². The lowest BCUT2D eigenvalue weighted by atomic mass is 10.0. The highest BCUT2D eigenvalue weighted by Gasteiger charge is 2.23. The largest absolute Gasteiger partial charge is 0.297 e. The molecule has 82 valence electrons. The zero-order valence-electron chi connectivity index (χ0n) is 9.49. The minimum Gasteiger partial charge on any atom is -0.297 e. The third kappa shape index (κ3) is 2.28. The number of ketones is 1. The molecule has 1 saturated carbocycles. The van der Waals surface area contributed by atoms with Crippen LogP contribution in [0.5, 0.6) is 0 Å². The van der Waals surface area contributed by atoms with Crippen LogP contribution in [-0.2, 0) is 11.3 Å². The van der Waals surface area contributed by atoms with Crippen LogP contribution in [0, 0.1) is 19.8 Å². The first-order valence-corrected chi connectivity index (χ1v) is 5.70. The van der Waals surface area contributed by atoms with E-state index in [9.17, 15) is 4.79 Å². The van der Waals surface area contributed by atoms with Crippen molar-refractivity contribution in [2.75, 3.05) is 0 Å². The van der Waals surface area contributed by atoms with Gasteiger partial charge in [-0.2, -0.15) is 5.10 Å². The third-order valence-electron chi connectivity index (χ3n) is 3.22. The maximum Gasteiger partial charge on any atom is 0.157 e. The highest BCUT2D eigenvalue weighted by molar-refractivity contribution is 5.81. The van der Waals surface area contributed by atoms with E-state index in [1.165, 1.54) is 12.8 Å². The number of nitrogens with zero attached hydrogens (tertiary/aromatic N) is 2. The predicted molar refractivity (Wildman–Crippen MR) is 58.7 cm³/mol. The summed E-state index contributed by atoms with van der Waals surface area (Å²) in [5.74, 6) is 0.660. The number of aryl methyl sites for hydroxylation is 2. The van der Waals surface area contributed by atoms with E-state index < -0.39 is 0 Å². The highest BCUT2D eigenvalue weighted by Crippen LogP contribution is 2.25. The molecule has 3 heteroatoms. The van der Waals surface area contributed by atoms with Gasteiger partial charge in [-0.05, 0) is 32.8 Å². The second-order valence-corrected chi connectivity index (χ2v) is 4.53. The van der Waals surface area contributed by atoms with E-state index in [2.05, 4.69) is 5.10 Å². The second kappa shape index (κ2) is 4.17. The molecule has 1 heterocycles. The van der Waals surface area contributed by atoms with Gasteiger partial charge in [-0.25, -0.2) is 0 Å². The number of hydrogen-bond donors (Lipinski definition) is 0. The molecule has 0 saturated heterocycles. The molecule has 0 bridgehead atoms. The topological polar surface area (TPSA) is 34.9 Å². The average molecular weight is 206 g/mol. The molecule has 1 aromatic rings. The van der Waals surface area contributed by atoms with Gasteiger partial charge in [0.2, 0.25) is 0 Å². The van der Waals surface area contributed by atoms with Gasteiger partial charge in [0.05, 0.1) is 5.69 Å². The van der Waals surface area contributed by atoms with Crippen molar-refractivity contribution in [2.24, 2.45) is 5.92 Å². The molecule has 0 radical (unpaired) electrons. The van der Waals surface area contributed by atoms with Crippen molar-refractivity contribution in [3.63, 3.8) is 0 Å². The first-order valence-electron chi connectivity index (χ1n) is 5.70. The first kappa shape index (κ1) is 10.4. The zero-order valence-corrected chi connectivity index (χ0v) is 9.49. The fourth-order valence-electron chi connectivity index (χ4n) is 2.36. The number of hydrogen-bond acceptors (Lipinski definition) is 2. The van der Waals surface area contributed by atoms with Gasteiger partial charge in [-0.3, -0.25) is 9.48 Å².